The first-order valence-electron chi connectivity index (χ1n) is 3.87. The average molecular weight is 138 g/mol. The lowest BCUT2D eigenvalue weighted by molar-refractivity contribution is 0.244. The number of allylic oxidation sites excluding steroid dienone is 3. The molecule has 1 aliphatic heterocycles. The minimum Gasteiger partial charge on any atom is -0.467 e. The summed E-state index contributed by atoms with van der Waals surface area (Å²) in [5, 5.41) is 0. The smallest absolute Gasteiger partial charge is 0.0996 e. The van der Waals surface area contributed by atoms with E-state index in [1.807, 2.05) is 0 Å². The van der Waals surface area contributed by atoms with Gasteiger partial charge in [0.25, 0.3) is 0 Å². The highest BCUT2D eigenvalue weighted by atomic mass is 16.5. The van der Waals surface area contributed by atoms with E-state index in [4.69, 9.17) is 4.74 Å². The minimum absolute atomic E-state index is 0.922. The van der Waals surface area contributed by atoms with Crippen LogP contribution < -0.4 is 0 Å². The maximum atomic E-state index is 5.39. The van der Waals surface area contributed by atoms with Crippen molar-refractivity contribution in [1.29, 1.82) is 0 Å². The Bertz CT molecular complexity index is 156. The van der Waals surface area contributed by atoms with Crippen molar-refractivity contribution >= 4 is 0 Å². The number of rotatable bonds is 1. The molecule has 10 heavy (non-hydrogen) atoms. The fourth-order valence-electron chi connectivity index (χ4n) is 1.12. The van der Waals surface area contributed by atoms with Crippen molar-refractivity contribution in [2.75, 3.05) is 0 Å². The van der Waals surface area contributed by atoms with Crippen LogP contribution >= 0.6 is 0 Å². The summed E-state index contributed by atoms with van der Waals surface area (Å²) >= 11 is 0. The van der Waals surface area contributed by atoms with Crippen LogP contribution in [0.4, 0.5) is 0 Å². The summed E-state index contributed by atoms with van der Waals surface area (Å²) in [5.74, 6) is 2.03. The zero-order valence-electron chi connectivity index (χ0n) is 6.52. The fourth-order valence-corrected chi connectivity index (χ4v) is 1.12. The van der Waals surface area contributed by atoms with Crippen LogP contribution in [-0.4, -0.2) is 0 Å². The Morgan fingerprint density at radius 3 is 3.00 bits per heavy atom. The molecule has 0 bridgehead atoms. The molecule has 1 rings (SSSR count). The molecule has 56 valence electrons. The predicted octanol–water partition coefficient (Wildman–Crippen LogP) is 2.99. The molecule has 0 aromatic carbocycles. The van der Waals surface area contributed by atoms with Gasteiger partial charge in [0.05, 0.1) is 11.5 Å². The first-order valence-corrected chi connectivity index (χ1v) is 3.87. The molecule has 0 spiro atoms. The third kappa shape index (κ3) is 1.90. The van der Waals surface area contributed by atoms with Gasteiger partial charge in [-0.25, -0.2) is 0 Å². The van der Waals surface area contributed by atoms with Crippen molar-refractivity contribution in [2.24, 2.45) is 0 Å². The van der Waals surface area contributed by atoms with E-state index in [2.05, 4.69) is 19.6 Å². The first kappa shape index (κ1) is 7.39. The fraction of sp³-hybridized carbons (Fsp3) is 0.556. The number of hydrogen-bond acceptors (Lipinski definition) is 1. The topological polar surface area (TPSA) is 9.23 Å². The summed E-state index contributed by atoms with van der Waals surface area (Å²) in [6.07, 6.45) is 6.51. The van der Waals surface area contributed by atoms with Crippen LogP contribution in [0.25, 0.3) is 0 Å². The van der Waals surface area contributed by atoms with E-state index in [9.17, 15) is 0 Å². The van der Waals surface area contributed by atoms with Crippen LogP contribution in [0.15, 0.2) is 24.2 Å². The third-order valence-corrected chi connectivity index (χ3v) is 1.59. The predicted molar refractivity (Wildman–Crippen MR) is 42.5 cm³/mol. The summed E-state index contributed by atoms with van der Waals surface area (Å²) in [4.78, 5) is 0. The molecule has 1 saturated heterocycles. The molecule has 0 radical (unpaired) electrons. The zero-order chi connectivity index (χ0) is 7.40. The van der Waals surface area contributed by atoms with Gasteiger partial charge in [0.15, 0.2) is 0 Å². The Labute approximate surface area is 62.4 Å². The minimum atomic E-state index is 0.922. The second-order valence-electron chi connectivity index (χ2n) is 2.57. The Balaban J connectivity index is 2.47. The summed E-state index contributed by atoms with van der Waals surface area (Å²) in [6.45, 7) is 5.90. The molecule has 0 aliphatic carbocycles. The van der Waals surface area contributed by atoms with Crippen LogP contribution in [0, 0.1) is 0 Å². The molecular weight excluding hydrogens is 124 g/mol. The second kappa shape index (κ2) is 3.45. The van der Waals surface area contributed by atoms with Gasteiger partial charge < -0.3 is 4.74 Å². The van der Waals surface area contributed by atoms with Crippen molar-refractivity contribution in [2.45, 2.75) is 32.6 Å². The Hall–Kier alpha value is -0.720. The van der Waals surface area contributed by atoms with Gasteiger partial charge in [0, 0.05) is 12.8 Å². The molecule has 0 aromatic heterocycles. The summed E-state index contributed by atoms with van der Waals surface area (Å²) < 4.78 is 5.39. The average Bonchev–Trinajstić information content (AvgIpc) is 1.88. The van der Waals surface area contributed by atoms with E-state index in [1.165, 1.54) is 6.42 Å². The van der Waals surface area contributed by atoms with Gasteiger partial charge in [-0.05, 0) is 18.9 Å². The zero-order valence-corrected chi connectivity index (χ0v) is 6.52. The molecule has 1 heterocycles. The molecule has 0 N–H and O–H groups in total. The molecule has 1 nitrogen and oxygen atoms in total. The van der Waals surface area contributed by atoms with Crippen LogP contribution in [0.5, 0.6) is 0 Å². The summed E-state index contributed by atoms with van der Waals surface area (Å²) in [6, 6.07) is 0. The monoisotopic (exact) mass is 138 g/mol. The third-order valence-electron chi connectivity index (χ3n) is 1.59. The highest BCUT2D eigenvalue weighted by molar-refractivity contribution is 5.02. The quantitative estimate of drug-likeness (QED) is 0.541. The van der Waals surface area contributed by atoms with E-state index in [0.29, 0.717) is 0 Å². The SMILES string of the molecule is C=C1CCCC(=CCC)O1. The molecule has 1 aliphatic rings. The standard InChI is InChI=1S/C9H14O/c1-3-5-9-7-4-6-8(2)10-9/h5H,2-4,6-7H2,1H3. The number of ether oxygens (including phenoxy) is 1. The van der Waals surface area contributed by atoms with Gasteiger partial charge in [-0.1, -0.05) is 13.5 Å². The Morgan fingerprint density at radius 2 is 2.40 bits per heavy atom. The van der Waals surface area contributed by atoms with Crippen LogP contribution in [-0.2, 0) is 4.74 Å². The van der Waals surface area contributed by atoms with Crippen LogP contribution in [0.2, 0.25) is 0 Å². The molecule has 0 amide bonds. The first-order chi connectivity index (χ1) is 4.83. The van der Waals surface area contributed by atoms with Crippen molar-refractivity contribution in [1.82, 2.24) is 0 Å². The van der Waals surface area contributed by atoms with Crippen LogP contribution in [0.1, 0.15) is 32.6 Å². The van der Waals surface area contributed by atoms with Crippen molar-refractivity contribution in [3.63, 3.8) is 0 Å². The van der Waals surface area contributed by atoms with Gasteiger partial charge in [0.1, 0.15) is 0 Å². The summed E-state index contributed by atoms with van der Waals surface area (Å²) in [7, 11) is 0. The molecular formula is C9H14O. The Kier molecular flexibility index (Phi) is 2.55. The lowest BCUT2D eigenvalue weighted by Gasteiger charge is -2.17. The van der Waals surface area contributed by atoms with Crippen molar-refractivity contribution in [3.05, 3.63) is 24.2 Å². The van der Waals surface area contributed by atoms with Gasteiger partial charge in [-0.3, -0.25) is 0 Å². The highest BCUT2D eigenvalue weighted by Gasteiger charge is 2.07. The molecule has 0 saturated carbocycles. The lowest BCUT2D eigenvalue weighted by atomic mass is 10.1. The number of hydrogen-bond donors (Lipinski definition) is 0. The Morgan fingerprint density at radius 1 is 1.60 bits per heavy atom. The molecule has 1 fully saturated rings. The summed E-state index contributed by atoms with van der Waals surface area (Å²) in [5.41, 5.74) is 0. The largest absolute Gasteiger partial charge is 0.467 e. The highest BCUT2D eigenvalue weighted by Crippen LogP contribution is 2.23. The normalized spacial score (nSPS) is 22.9. The molecule has 0 atom stereocenters. The van der Waals surface area contributed by atoms with Gasteiger partial charge >= 0.3 is 0 Å². The maximum absolute atomic E-state index is 5.39. The second-order valence-corrected chi connectivity index (χ2v) is 2.57. The van der Waals surface area contributed by atoms with Gasteiger partial charge in [-0.15, -0.1) is 0 Å². The van der Waals surface area contributed by atoms with Gasteiger partial charge in [-0.2, -0.15) is 0 Å². The van der Waals surface area contributed by atoms with E-state index in [1.54, 1.807) is 0 Å². The van der Waals surface area contributed by atoms with E-state index < -0.39 is 0 Å². The molecule has 1 heteroatoms. The van der Waals surface area contributed by atoms with Crippen molar-refractivity contribution in [3.8, 4) is 0 Å². The van der Waals surface area contributed by atoms with E-state index >= 15 is 0 Å². The van der Waals surface area contributed by atoms with Gasteiger partial charge in [0.2, 0.25) is 0 Å². The lowest BCUT2D eigenvalue weighted by Crippen LogP contribution is -1.99. The molecule has 0 unspecified atom stereocenters. The van der Waals surface area contributed by atoms with Crippen molar-refractivity contribution < 1.29 is 4.74 Å². The maximum Gasteiger partial charge on any atom is 0.0996 e. The van der Waals surface area contributed by atoms with E-state index in [-0.39, 0.29) is 0 Å². The van der Waals surface area contributed by atoms with E-state index in [0.717, 1.165) is 30.8 Å². The molecule has 0 aromatic rings. The van der Waals surface area contributed by atoms with Crippen LogP contribution in [0.3, 0.4) is 0 Å².